The lowest BCUT2D eigenvalue weighted by molar-refractivity contribution is -1.03. The summed E-state index contributed by atoms with van der Waals surface area (Å²) in [6.45, 7) is 10.4. The second-order valence-corrected chi connectivity index (χ2v) is 7.55. The van der Waals surface area contributed by atoms with Gasteiger partial charge in [0.2, 0.25) is 10.5 Å². The number of hydrogen-bond acceptors (Lipinski definition) is 5. The number of hydrogen-bond donors (Lipinski definition) is 2. The predicted molar refractivity (Wildman–Crippen MR) is 112 cm³/mol. The molecule has 2 aromatic rings. The molecule has 158 valence electrons. The minimum Gasteiger partial charge on any atom is -0.493 e. The van der Waals surface area contributed by atoms with E-state index >= 15 is 0 Å². The molecule has 29 heavy (non-hydrogen) atoms. The molecule has 0 atom stereocenters. The van der Waals surface area contributed by atoms with Crippen LogP contribution in [-0.2, 0) is 19.8 Å². The van der Waals surface area contributed by atoms with Crippen molar-refractivity contribution < 1.29 is 24.0 Å². The predicted octanol–water partition coefficient (Wildman–Crippen LogP) is -0.433. The van der Waals surface area contributed by atoms with E-state index in [-0.39, 0.29) is 0 Å². The van der Waals surface area contributed by atoms with Gasteiger partial charge in [-0.3, -0.25) is 0 Å². The third-order valence-corrected chi connectivity index (χ3v) is 5.83. The van der Waals surface area contributed by atoms with Crippen molar-refractivity contribution in [1.82, 2.24) is 14.3 Å². The van der Waals surface area contributed by atoms with Gasteiger partial charge < -0.3 is 28.6 Å². The number of benzene rings is 1. The molecule has 0 saturated carbocycles. The first-order chi connectivity index (χ1) is 14.1. The van der Waals surface area contributed by atoms with Gasteiger partial charge in [-0.15, -0.1) is 6.58 Å². The van der Waals surface area contributed by atoms with Crippen LogP contribution in [0.3, 0.4) is 0 Å². The number of nitrogens with zero attached hydrogens (tertiary/aromatic N) is 3. The Morgan fingerprint density at radius 1 is 1.07 bits per heavy atom. The third kappa shape index (κ3) is 4.80. The normalized spacial score (nSPS) is 19.0. The maximum atomic E-state index is 5.63. The van der Waals surface area contributed by atoms with Crippen LogP contribution in [0.15, 0.2) is 31.1 Å². The number of rotatable bonds is 9. The van der Waals surface area contributed by atoms with Crippen molar-refractivity contribution in [2.75, 3.05) is 47.5 Å². The van der Waals surface area contributed by atoms with Gasteiger partial charge in [0.15, 0.2) is 18.2 Å². The van der Waals surface area contributed by atoms with E-state index in [4.69, 9.17) is 26.4 Å². The molecule has 1 aromatic carbocycles. The van der Waals surface area contributed by atoms with E-state index in [9.17, 15) is 0 Å². The molecule has 0 bridgehead atoms. The van der Waals surface area contributed by atoms with Crippen molar-refractivity contribution in [3.63, 3.8) is 0 Å². The molecule has 1 aromatic heterocycles. The summed E-state index contributed by atoms with van der Waals surface area (Å²) < 4.78 is 21.1. The zero-order valence-corrected chi connectivity index (χ0v) is 18.3. The largest absolute Gasteiger partial charge is 0.493 e. The first kappa shape index (κ1) is 21.4. The van der Waals surface area contributed by atoms with Gasteiger partial charge in [0.1, 0.15) is 39.1 Å². The monoisotopic (exact) mass is 421 g/mol. The summed E-state index contributed by atoms with van der Waals surface area (Å²) in [7, 11) is 4.95. The molecular weight excluding hydrogens is 390 g/mol. The summed E-state index contributed by atoms with van der Waals surface area (Å²) in [5.41, 5.74) is 1.13. The van der Waals surface area contributed by atoms with E-state index in [1.54, 1.807) is 27.7 Å². The second kappa shape index (κ2) is 9.91. The van der Waals surface area contributed by atoms with Gasteiger partial charge in [0, 0.05) is 6.54 Å². The van der Waals surface area contributed by atoms with Crippen molar-refractivity contribution in [3.05, 3.63) is 41.4 Å². The fraction of sp³-hybridized carbons (Fsp3) is 0.500. The molecule has 0 radical (unpaired) electrons. The Labute approximate surface area is 176 Å². The fourth-order valence-corrected chi connectivity index (χ4v) is 4.05. The highest BCUT2D eigenvalue weighted by molar-refractivity contribution is 7.71. The third-order valence-electron chi connectivity index (χ3n) is 5.39. The van der Waals surface area contributed by atoms with Gasteiger partial charge in [0.25, 0.3) is 0 Å². The lowest BCUT2D eigenvalue weighted by Gasteiger charge is -2.30. The van der Waals surface area contributed by atoms with Gasteiger partial charge in [-0.25, -0.2) is 0 Å². The highest BCUT2D eigenvalue weighted by atomic mass is 32.1. The number of piperazine rings is 1. The SMILES string of the molecule is C=CCn1cnn(C[NH+]2CC[NH+](Cc3ccc(OC)c(OC)c3OC)CC2)c1=S. The van der Waals surface area contributed by atoms with Crippen LogP contribution in [0.5, 0.6) is 17.2 Å². The van der Waals surface area contributed by atoms with Crippen LogP contribution in [0.25, 0.3) is 0 Å². The number of aromatic nitrogens is 3. The molecule has 2 heterocycles. The highest BCUT2D eigenvalue weighted by Gasteiger charge is 2.26. The smallest absolute Gasteiger partial charge is 0.203 e. The van der Waals surface area contributed by atoms with Gasteiger partial charge in [-0.2, -0.15) is 9.78 Å². The van der Waals surface area contributed by atoms with Crippen LogP contribution >= 0.6 is 12.2 Å². The number of nitrogens with one attached hydrogen (secondary N) is 2. The van der Waals surface area contributed by atoms with E-state index in [0.29, 0.717) is 18.0 Å². The molecule has 9 heteroatoms. The van der Waals surface area contributed by atoms with Crippen molar-refractivity contribution in [1.29, 1.82) is 0 Å². The maximum Gasteiger partial charge on any atom is 0.203 e. The van der Waals surface area contributed by atoms with Crippen LogP contribution in [0.4, 0.5) is 0 Å². The van der Waals surface area contributed by atoms with E-state index in [1.807, 2.05) is 21.4 Å². The standard InChI is InChI=1S/C20H29N5O3S/c1-5-8-24-14-21-25(20(24)29)15-23-11-9-22(10-12-23)13-16-6-7-17(26-2)19(28-4)18(16)27-3/h5-7,14H,1,8-13,15H2,2-4H3/p+2. The van der Waals surface area contributed by atoms with E-state index in [0.717, 1.165) is 55.5 Å². The lowest BCUT2D eigenvalue weighted by Crippen LogP contribution is -3.27. The zero-order chi connectivity index (χ0) is 20.8. The molecule has 2 N–H and O–H groups in total. The molecule has 1 fully saturated rings. The quantitative estimate of drug-likeness (QED) is 0.425. The summed E-state index contributed by atoms with van der Waals surface area (Å²) in [5.74, 6) is 2.10. The van der Waals surface area contributed by atoms with Gasteiger partial charge in [-0.1, -0.05) is 6.08 Å². The van der Waals surface area contributed by atoms with E-state index < -0.39 is 0 Å². The van der Waals surface area contributed by atoms with Crippen LogP contribution in [0.2, 0.25) is 0 Å². The summed E-state index contributed by atoms with van der Waals surface area (Å²) in [4.78, 5) is 3.02. The van der Waals surface area contributed by atoms with Gasteiger partial charge >= 0.3 is 0 Å². The Morgan fingerprint density at radius 3 is 2.38 bits per heavy atom. The Balaban J connectivity index is 1.60. The molecule has 0 spiro atoms. The van der Waals surface area contributed by atoms with Crippen LogP contribution in [0, 0.1) is 4.77 Å². The molecule has 8 nitrogen and oxygen atoms in total. The number of allylic oxidation sites excluding steroid dienone is 1. The van der Waals surface area contributed by atoms with Gasteiger partial charge in [-0.05, 0) is 24.4 Å². The topological polar surface area (TPSA) is 59.3 Å². The fourth-order valence-electron chi connectivity index (χ4n) is 3.82. The van der Waals surface area contributed by atoms with Crippen LogP contribution in [0.1, 0.15) is 5.56 Å². The minimum atomic E-state index is 0.653. The number of methoxy groups -OCH3 is 3. The van der Waals surface area contributed by atoms with Crippen molar-refractivity contribution in [3.8, 4) is 17.2 Å². The number of quaternary nitrogens is 2. The first-order valence-corrected chi connectivity index (χ1v) is 10.2. The molecule has 1 aliphatic rings. The Kier molecular flexibility index (Phi) is 7.29. The van der Waals surface area contributed by atoms with Crippen molar-refractivity contribution >= 4 is 12.2 Å². The Hall–Kier alpha value is -2.36. The average Bonchev–Trinajstić information content (AvgIpc) is 3.08. The Bertz CT molecular complexity index is 887. The molecule has 3 rings (SSSR count). The minimum absolute atomic E-state index is 0.653. The molecule has 1 saturated heterocycles. The molecular formula is C20H31N5O3S+2. The maximum absolute atomic E-state index is 5.63. The van der Waals surface area contributed by atoms with E-state index in [2.05, 4.69) is 17.7 Å². The average molecular weight is 422 g/mol. The summed E-state index contributed by atoms with van der Waals surface area (Å²) >= 11 is 5.50. The van der Waals surface area contributed by atoms with Crippen LogP contribution < -0.4 is 24.0 Å². The first-order valence-electron chi connectivity index (χ1n) is 9.79. The van der Waals surface area contributed by atoms with E-state index in [1.165, 1.54) is 9.80 Å². The molecule has 1 aliphatic heterocycles. The van der Waals surface area contributed by atoms with Gasteiger partial charge in [0.05, 0.1) is 26.9 Å². The summed E-state index contributed by atoms with van der Waals surface area (Å²) in [6, 6.07) is 4.01. The van der Waals surface area contributed by atoms with Crippen molar-refractivity contribution in [2.45, 2.75) is 19.8 Å². The van der Waals surface area contributed by atoms with Crippen LogP contribution in [-0.4, -0.2) is 61.9 Å². The molecule has 0 unspecified atom stereocenters. The second-order valence-electron chi connectivity index (χ2n) is 7.18. The summed E-state index contributed by atoms with van der Waals surface area (Å²) in [5, 5.41) is 4.43. The molecule has 0 amide bonds. The lowest BCUT2D eigenvalue weighted by atomic mass is 10.1. The van der Waals surface area contributed by atoms with Crippen molar-refractivity contribution in [2.24, 2.45) is 0 Å². The summed E-state index contributed by atoms with van der Waals surface area (Å²) in [6.07, 6.45) is 3.62. The number of ether oxygens (including phenoxy) is 3. The highest BCUT2D eigenvalue weighted by Crippen LogP contribution is 2.39. The Morgan fingerprint density at radius 2 is 1.76 bits per heavy atom. The molecule has 0 aliphatic carbocycles. The zero-order valence-electron chi connectivity index (χ0n) is 17.4.